The lowest BCUT2D eigenvalue weighted by Gasteiger charge is -2.33. The SMILES string of the molecule is COc1ccc(C(CC(=O)N2CCCC(CO)C2)c2ccccc2)cc1Cl. The fourth-order valence-corrected chi connectivity index (χ4v) is 4.02. The van der Waals surface area contributed by atoms with E-state index >= 15 is 0 Å². The van der Waals surface area contributed by atoms with Crippen molar-refractivity contribution in [3.63, 3.8) is 0 Å². The highest BCUT2D eigenvalue weighted by Gasteiger charge is 2.26. The van der Waals surface area contributed by atoms with E-state index in [0.717, 1.165) is 30.5 Å². The second-order valence-electron chi connectivity index (χ2n) is 7.09. The highest BCUT2D eigenvalue weighted by Crippen LogP contribution is 2.34. The van der Waals surface area contributed by atoms with Crippen LogP contribution in [-0.2, 0) is 4.79 Å². The van der Waals surface area contributed by atoms with E-state index in [-0.39, 0.29) is 24.3 Å². The Labute approximate surface area is 165 Å². The van der Waals surface area contributed by atoms with Crippen LogP contribution in [0.2, 0.25) is 5.02 Å². The second-order valence-corrected chi connectivity index (χ2v) is 7.50. The van der Waals surface area contributed by atoms with E-state index in [1.54, 1.807) is 7.11 Å². The predicted octanol–water partition coefficient (Wildman–Crippen LogP) is 4.10. The van der Waals surface area contributed by atoms with Crippen molar-refractivity contribution < 1.29 is 14.6 Å². The Morgan fingerprint density at radius 2 is 2.04 bits per heavy atom. The summed E-state index contributed by atoms with van der Waals surface area (Å²) in [4.78, 5) is 14.9. The standard InChI is InChI=1S/C22H26ClNO3/c1-27-21-10-9-18(12-20(21)23)19(17-7-3-2-4-8-17)13-22(26)24-11-5-6-16(14-24)15-25/h2-4,7-10,12,16,19,25H,5-6,11,13-15H2,1H3. The number of halogens is 1. The van der Waals surface area contributed by atoms with Gasteiger partial charge >= 0.3 is 0 Å². The number of methoxy groups -OCH3 is 1. The van der Waals surface area contributed by atoms with E-state index in [1.807, 2.05) is 53.4 Å². The average Bonchev–Trinajstić information content (AvgIpc) is 2.72. The van der Waals surface area contributed by atoms with Gasteiger partial charge in [0, 0.05) is 32.0 Å². The molecule has 1 N–H and O–H groups in total. The van der Waals surface area contributed by atoms with Crippen molar-refractivity contribution in [3.05, 3.63) is 64.7 Å². The van der Waals surface area contributed by atoms with E-state index < -0.39 is 0 Å². The van der Waals surface area contributed by atoms with Crippen molar-refractivity contribution in [2.45, 2.75) is 25.2 Å². The summed E-state index contributed by atoms with van der Waals surface area (Å²) in [7, 11) is 1.59. The summed E-state index contributed by atoms with van der Waals surface area (Å²) in [6.45, 7) is 1.54. The molecule has 0 saturated carbocycles. The molecule has 2 aromatic carbocycles. The molecule has 1 amide bonds. The first-order chi connectivity index (χ1) is 13.1. The van der Waals surface area contributed by atoms with Crippen LogP contribution in [0.3, 0.4) is 0 Å². The van der Waals surface area contributed by atoms with Gasteiger partial charge in [0.05, 0.1) is 12.1 Å². The molecule has 1 heterocycles. The van der Waals surface area contributed by atoms with Crippen LogP contribution in [0.1, 0.15) is 36.3 Å². The Morgan fingerprint density at radius 3 is 2.70 bits per heavy atom. The predicted molar refractivity (Wildman–Crippen MR) is 107 cm³/mol. The van der Waals surface area contributed by atoms with Crippen LogP contribution in [0.4, 0.5) is 0 Å². The molecule has 1 fully saturated rings. The zero-order chi connectivity index (χ0) is 19.2. The summed E-state index contributed by atoms with van der Waals surface area (Å²) in [5.41, 5.74) is 2.08. The minimum absolute atomic E-state index is 0.0726. The molecule has 4 nitrogen and oxygen atoms in total. The maximum atomic E-state index is 13.0. The van der Waals surface area contributed by atoms with Crippen molar-refractivity contribution in [1.29, 1.82) is 0 Å². The number of piperidine rings is 1. The number of hydrogen-bond donors (Lipinski definition) is 1. The number of hydrogen-bond acceptors (Lipinski definition) is 3. The van der Waals surface area contributed by atoms with Crippen LogP contribution in [0, 0.1) is 5.92 Å². The Bertz CT molecular complexity index is 765. The molecule has 2 unspecified atom stereocenters. The molecule has 1 aliphatic rings. The monoisotopic (exact) mass is 387 g/mol. The number of carbonyl (C=O) groups excluding carboxylic acids is 1. The molecule has 2 atom stereocenters. The van der Waals surface area contributed by atoms with Gasteiger partial charge in [0.25, 0.3) is 0 Å². The summed E-state index contributed by atoms with van der Waals surface area (Å²) in [6.07, 6.45) is 2.31. The third-order valence-corrected chi connectivity index (χ3v) is 5.58. The summed E-state index contributed by atoms with van der Waals surface area (Å²) in [5, 5.41) is 9.99. The van der Waals surface area contributed by atoms with E-state index in [1.165, 1.54) is 0 Å². The van der Waals surface area contributed by atoms with Gasteiger partial charge in [0.1, 0.15) is 5.75 Å². The lowest BCUT2D eigenvalue weighted by Crippen LogP contribution is -2.41. The van der Waals surface area contributed by atoms with Gasteiger partial charge in [-0.1, -0.05) is 48.0 Å². The Kier molecular flexibility index (Phi) is 6.75. The van der Waals surface area contributed by atoms with Gasteiger partial charge in [0.15, 0.2) is 0 Å². The maximum Gasteiger partial charge on any atom is 0.223 e. The van der Waals surface area contributed by atoms with Crippen LogP contribution in [-0.4, -0.2) is 42.7 Å². The van der Waals surface area contributed by atoms with Gasteiger partial charge in [-0.05, 0) is 42.0 Å². The van der Waals surface area contributed by atoms with E-state index in [9.17, 15) is 9.90 Å². The van der Waals surface area contributed by atoms with Gasteiger partial charge < -0.3 is 14.7 Å². The number of benzene rings is 2. The quantitative estimate of drug-likeness (QED) is 0.811. The van der Waals surface area contributed by atoms with Crippen LogP contribution in [0.15, 0.2) is 48.5 Å². The molecular formula is C22H26ClNO3. The number of nitrogens with zero attached hydrogens (tertiary/aromatic N) is 1. The number of amides is 1. The third kappa shape index (κ3) is 4.82. The fourth-order valence-electron chi connectivity index (χ4n) is 3.76. The fraction of sp³-hybridized carbons (Fsp3) is 0.409. The molecule has 0 spiro atoms. The zero-order valence-electron chi connectivity index (χ0n) is 15.6. The van der Waals surface area contributed by atoms with Crippen molar-refractivity contribution in [2.24, 2.45) is 5.92 Å². The molecule has 27 heavy (non-hydrogen) atoms. The maximum absolute atomic E-state index is 13.0. The number of likely N-dealkylation sites (tertiary alicyclic amines) is 1. The summed E-state index contributed by atoms with van der Waals surface area (Å²) in [6, 6.07) is 15.7. The summed E-state index contributed by atoms with van der Waals surface area (Å²) >= 11 is 6.34. The van der Waals surface area contributed by atoms with Gasteiger partial charge in [-0.25, -0.2) is 0 Å². The third-order valence-electron chi connectivity index (χ3n) is 5.29. The number of aliphatic hydroxyl groups is 1. The molecule has 2 aromatic rings. The molecular weight excluding hydrogens is 362 g/mol. The van der Waals surface area contributed by atoms with Gasteiger partial charge in [-0.2, -0.15) is 0 Å². The summed E-state index contributed by atoms with van der Waals surface area (Å²) < 4.78 is 5.26. The zero-order valence-corrected chi connectivity index (χ0v) is 16.4. The first-order valence-corrected chi connectivity index (χ1v) is 9.77. The van der Waals surface area contributed by atoms with E-state index in [0.29, 0.717) is 23.7 Å². The molecule has 144 valence electrons. The lowest BCUT2D eigenvalue weighted by molar-refractivity contribution is -0.133. The van der Waals surface area contributed by atoms with Crippen molar-refractivity contribution in [3.8, 4) is 5.75 Å². The molecule has 1 saturated heterocycles. The molecule has 5 heteroatoms. The smallest absolute Gasteiger partial charge is 0.223 e. The molecule has 0 radical (unpaired) electrons. The first kappa shape index (κ1) is 19.7. The minimum Gasteiger partial charge on any atom is -0.495 e. The highest BCUT2D eigenvalue weighted by molar-refractivity contribution is 6.32. The van der Waals surface area contributed by atoms with Gasteiger partial charge in [-0.3, -0.25) is 4.79 Å². The second kappa shape index (κ2) is 9.25. The van der Waals surface area contributed by atoms with Crippen molar-refractivity contribution in [2.75, 3.05) is 26.8 Å². The number of carbonyl (C=O) groups is 1. The Morgan fingerprint density at radius 1 is 1.26 bits per heavy atom. The number of aliphatic hydroxyl groups excluding tert-OH is 1. The van der Waals surface area contributed by atoms with E-state index in [2.05, 4.69) is 0 Å². The topological polar surface area (TPSA) is 49.8 Å². The minimum atomic E-state index is -0.0726. The number of rotatable bonds is 6. The van der Waals surface area contributed by atoms with Gasteiger partial charge in [0.2, 0.25) is 5.91 Å². The Hall–Kier alpha value is -2.04. The van der Waals surface area contributed by atoms with E-state index in [4.69, 9.17) is 16.3 Å². The number of ether oxygens (including phenoxy) is 1. The van der Waals surface area contributed by atoms with Crippen molar-refractivity contribution >= 4 is 17.5 Å². The summed E-state index contributed by atoms with van der Waals surface area (Å²) in [5.74, 6) is 0.860. The van der Waals surface area contributed by atoms with Crippen LogP contribution in [0.5, 0.6) is 5.75 Å². The van der Waals surface area contributed by atoms with Gasteiger partial charge in [-0.15, -0.1) is 0 Å². The average molecular weight is 388 g/mol. The molecule has 3 rings (SSSR count). The van der Waals surface area contributed by atoms with Crippen LogP contribution in [0.25, 0.3) is 0 Å². The normalized spacial score (nSPS) is 18.2. The van der Waals surface area contributed by atoms with Crippen molar-refractivity contribution in [1.82, 2.24) is 4.90 Å². The molecule has 0 bridgehead atoms. The largest absolute Gasteiger partial charge is 0.495 e. The molecule has 1 aliphatic heterocycles. The molecule has 0 aromatic heterocycles. The molecule has 0 aliphatic carbocycles. The lowest BCUT2D eigenvalue weighted by atomic mass is 9.87. The Balaban J connectivity index is 1.85. The van der Waals surface area contributed by atoms with Crippen LogP contribution >= 0.6 is 11.6 Å². The van der Waals surface area contributed by atoms with Crippen LogP contribution < -0.4 is 4.74 Å². The first-order valence-electron chi connectivity index (χ1n) is 9.39. The highest BCUT2D eigenvalue weighted by atomic mass is 35.5.